The molecule has 4 heterocycles. The fourth-order valence-corrected chi connectivity index (χ4v) is 6.41. The number of carbonyl (C=O) groups is 3. The van der Waals surface area contributed by atoms with E-state index in [-0.39, 0.29) is 21.3 Å². The number of anilines is 1. The number of aryl methyl sites for hydroxylation is 3. The lowest BCUT2D eigenvalue weighted by Gasteiger charge is -2.24. The van der Waals surface area contributed by atoms with Crippen LogP contribution in [0.15, 0.2) is 42.1 Å². The van der Waals surface area contributed by atoms with E-state index in [0.717, 1.165) is 36.2 Å². The lowest BCUT2D eigenvalue weighted by molar-refractivity contribution is -0.132. The minimum absolute atomic E-state index is 0.111. The number of aliphatic hydroxyl groups is 1. The van der Waals surface area contributed by atoms with E-state index in [1.54, 1.807) is 32.0 Å². The highest BCUT2D eigenvalue weighted by molar-refractivity contribution is 7.17. The van der Waals surface area contributed by atoms with Crippen LogP contribution < -0.4 is 14.4 Å². The Hall–Kier alpha value is -4.71. The van der Waals surface area contributed by atoms with E-state index < -0.39 is 29.5 Å². The van der Waals surface area contributed by atoms with Gasteiger partial charge >= 0.3 is 11.9 Å². The summed E-state index contributed by atoms with van der Waals surface area (Å²) in [6.07, 6.45) is 4.78. The zero-order valence-corrected chi connectivity index (χ0v) is 27.0. The number of aliphatic hydroxyl groups excluding tert-OH is 1. The summed E-state index contributed by atoms with van der Waals surface area (Å²) in [4.78, 5) is 50.6. The molecule has 0 bridgehead atoms. The third kappa shape index (κ3) is 5.77. The first-order valence-corrected chi connectivity index (χ1v) is 15.6. The van der Waals surface area contributed by atoms with Crippen LogP contribution in [-0.4, -0.2) is 57.5 Å². The van der Waals surface area contributed by atoms with E-state index in [0.29, 0.717) is 47.3 Å². The van der Waals surface area contributed by atoms with Crippen molar-refractivity contribution in [1.82, 2.24) is 14.4 Å². The Labute approximate surface area is 265 Å². The molecule has 1 N–H and O–H groups in total. The van der Waals surface area contributed by atoms with Gasteiger partial charge < -0.3 is 23.7 Å². The highest BCUT2D eigenvalue weighted by Gasteiger charge is 2.49. The van der Waals surface area contributed by atoms with Gasteiger partial charge in [-0.1, -0.05) is 43.2 Å². The van der Waals surface area contributed by atoms with Gasteiger partial charge in [-0.3, -0.25) is 14.5 Å². The van der Waals surface area contributed by atoms with E-state index in [9.17, 15) is 19.5 Å². The van der Waals surface area contributed by atoms with Crippen molar-refractivity contribution in [3.05, 3.63) is 75.2 Å². The van der Waals surface area contributed by atoms with Gasteiger partial charge in [-0.15, -0.1) is 0 Å². The Bertz CT molecular complexity index is 1820. The van der Waals surface area contributed by atoms with Gasteiger partial charge in [0.25, 0.3) is 5.78 Å². The number of Topliss-reactive ketones (excluding diaryl/α,β-unsaturated/α-hetero) is 1. The fraction of sp³-hybridized carbons (Fsp3) is 0.364. The number of fused-ring (bicyclic) bond motifs is 1. The number of pyridine rings is 1. The number of thiazole rings is 1. The number of rotatable bonds is 11. The number of unbranched alkanes of at least 4 members (excludes halogenated alkanes) is 2. The molecule has 5 rings (SSSR count). The molecule has 1 aromatic carbocycles. The van der Waals surface area contributed by atoms with E-state index in [2.05, 4.69) is 16.9 Å². The lowest BCUT2D eigenvalue weighted by Crippen LogP contribution is -2.29. The molecule has 1 atom stereocenters. The van der Waals surface area contributed by atoms with Gasteiger partial charge in [0, 0.05) is 6.20 Å². The second-order valence-electron chi connectivity index (χ2n) is 10.7. The van der Waals surface area contributed by atoms with Crippen molar-refractivity contribution >= 4 is 45.5 Å². The van der Waals surface area contributed by atoms with Crippen LogP contribution >= 0.6 is 11.3 Å². The highest BCUT2D eigenvalue weighted by Crippen LogP contribution is 2.46. The number of nitrogens with zero attached hydrogens (tertiary/aromatic N) is 4. The number of carbonyl (C=O) groups excluding carboxylic acids is 3. The second-order valence-corrected chi connectivity index (χ2v) is 11.7. The van der Waals surface area contributed by atoms with Gasteiger partial charge in [-0.25, -0.2) is 14.8 Å². The van der Waals surface area contributed by atoms with E-state index >= 15 is 0 Å². The van der Waals surface area contributed by atoms with Crippen molar-refractivity contribution in [2.45, 2.75) is 59.9 Å². The molecule has 1 unspecified atom stereocenters. The molecular formula is C33H36N4O7S. The van der Waals surface area contributed by atoms with Crippen molar-refractivity contribution in [2.75, 3.05) is 25.2 Å². The number of benzene rings is 1. The molecule has 1 fully saturated rings. The number of aromatic nitrogens is 3. The molecule has 12 heteroatoms. The Balaban J connectivity index is 1.71. The van der Waals surface area contributed by atoms with Gasteiger partial charge in [-0.2, -0.15) is 0 Å². The predicted molar refractivity (Wildman–Crippen MR) is 170 cm³/mol. The first kappa shape index (κ1) is 31.7. The monoisotopic (exact) mass is 632 g/mol. The zero-order chi connectivity index (χ0) is 32.4. The molecule has 0 saturated carbocycles. The number of imidazole rings is 1. The molecule has 0 aliphatic carbocycles. The Morgan fingerprint density at radius 3 is 2.51 bits per heavy atom. The molecule has 1 amide bonds. The normalized spacial score (nSPS) is 16.0. The van der Waals surface area contributed by atoms with Gasteiger partial charge in [0.05, 0.1) is 43.3 Å². The quantitative estimate of drug-likeness (QED) is 0.0685. The molecule has 236 valence electrons. The standard InChI is InChI=1S/C33H36N4O7S/c1-7-9-10-16-44-22-14-13-21(17-23(22)43-8-2)26-24(27(38)25-20(5)36-15-11-12-18(3)30(36)35-25)28(39)31(40)37(26)33-34-19(4)29(45-33)32(41)42-6/h11-15,17,26,38H,7-10,16H2,1-6H3/b27-24+. The summed E-state index contributed by atoms with van der Waals surface area (Å²) in [5, 5.41) is 11.9. The van der Waals surface area contributed by atoms with Crippen LogP contribution in [0.2, 0.25) is 0 Å². The fourth-order valence-electron chi connectivity index (χ4n) is 5.40. The minimum Gasteiger partial charge on any atom is -0.505 e. The molecule has 0 spiro atoms. The maximum atomic E-state index is 13.8. The predicted octanol–water partition coefficient (Wildman–Crippen LogP) is 6.10. The number of amides is 1. The van der Waals surface area contributed by atoms with Gasteiger partial charge in [-0.05, 0) is 63.4 Å². The average Bonchev–Trinajstić information content (AvgIpc) is 3.66. The molecule has 1 aliphatic heterocycles. The smallest absolute Gasteiger partial charge is 0.350 e. The van der Waals surface area contributed by atoms with E-state index in [4.69, 9.17) is 14.2 Å². The van der Waals surface area contributed by atoms with Crippen LogP contribution in [0.4, 0.5) is 5.13 Å². The first-order valence-electron chi connectivity index (χ1n) is 14.8. The molecule has 11 nitrogen and oxygen atoms in total. The lowest BCUT2D eigenvalue weighted by atomic mass is 9.96. The van der Waals surface area contributed by atoms with Crippen LogP contribution in [-0.2, 0) is 14.3 Å². The van der Waals surface area contributed by atoms with E-state index in [1.807, 2.05) is 36.6 Å². The summed E-state index contributed by atoms with van der Waals surface area (Å²) in [5.41, 5.74) is 2.93. The Morgan fingerprint density at radius 1 is 1.04 bits per heavy atom. The van der Waals surface area contributed by atoms with Crippen molar-refractivity contribution in [2.24, 2.45) is 0 Å². The Morgan fingerprint density at radius 2 is 1.82 bits per heavy atom. The van der Waals surface area contributed by atoms with Crippen LogP contribution in [0.3, 0.4) is 0 Å². The molecule has 3 aromatic heterocycles. The first-order chi connectivity index (χ1) is 21.6. The van der Waals surface area contributed by atoms with Gasteiger partial charge in [0.1, 0.15) is 16.2 Å². The zero-order valence-electron chi connectivity index (χ0n) is 26.2. The van der Waals surface area contributed by atoms with Crippen molar-refractivity contribution < 1.29 is 33.7 Å². The number of methoxy groups -OCH3 is 1. The van der Waals surface area contributed by atoms with E-state index in [1.165, 1.54) is 12.0 Å². The molecule has 1 aliphatic rings. The van der Waals surface area contributed by atoms with Crippen LogP contribution in [0.1, 0.15) is 77.0 Å². The molecule has 1 saturated heterocycles. The topological polar surface area (TPSA) is 133 Å². The van der Waals surface area contributed by atoms with Crippen molar-refractivity contribution in [1.29, 1.82) is 0 Å². The summed E-state index contributed by atoms with van der Waals surface area (Å²) < 4.78 is 18.7. The van der Waals surface area contributed by atoms with Crippen molar-refractivity contribution in [3.63, 3.8) is 0 Å². The maximum Gasteiger partial charge on any atom is 0.350 e. The summed E-state index contributed by atoms with van der Waals surface area (Å²) in [5.74, 6) is -1.87. The van der Waals surface area contributed by atoms with Crippen LogP contribution in [0, 0.1) is 20.8 Å². The average molecular weight is 633 g/mol. The highest BCUT2D eigenvalue weighted by atomic mass is 32.1. The second kappa shape index (κ2) is 13.1. The molecular weight excluding hydrogens is 596 g/mol. The number of ether oxygens (including phenoxy) is 3. The SMILES string of the molecule is CCCCCOc1ccc(C2/C(=C(\O)c3nc4c(C)cccn4c3C)C(=O)C(=O)N2c2nc(C)c(C(=O)OC)s2)cc1OCC. The Kier molecular flexibility index (Phi) is 9.24. The summed E-state index contributed by atoms with van der Waals surface area (Å²) >= 11 is 0.933. The molecule has 0 radical (unpaired) electrons. The third-order valence-corrected chi connectivity index (χ3v) is 8.84. The number of ketones is 1. The number of hydrogen-bond acceptors (Lipinski definition) is 10. The largest absolute Gasteiger partial charge is 0.505 e. The number of hydrogen-bond donors (Lipinski definition) is 1. The molecule has 4 aromatic rings. The summed E-state index contributed by atoms with van der Waals surface area (Å²) in [6, 6.07) is 7.83. The maximum absolute atomic E-state index is 13.8. The van der Waals surface area contributed by atoms with Crippen LogP contribution in [0.25, 0.3) is 11.4 Å². The van der Waals surface area contributed by atoms with Crippen molar-refractivity contribution in [3.8, 4) is 11.5 Å². The number of esters is 1. The minimum atomic E-state index is -1.11. The molecule has 45 heavy (non-hydrogen) atoms. The third-order valence-electron chi connectivity index (χ3n) is 7.70. The van der Waals surface area contributed by atoms with Crippen LogP contribution in [0.5, 0.6) is 11.5 Å². The van der Waals surface area contributed by atoms with Gasteiger partial charge in [0.15, 0.2) is 22.4 Å². The van der Waals surface area contributed by atoms with Gasteiger partial charge in [0.2, 0.25) is 0 Å². The summed E-state index contributed by atoms with van der Waals surface area (Å²) in [7, 11) is 1.26. The summed E-state index contributed by atoms with van der Waals surface area (Å²) in [6.45, 7) is 10.1.